The molecule has 47 heavy (non-hydrogen) atoms. The van der Waals surface area contributed by atoms with Crippen molar-refractivity contribution in [1.82, 2.24) is 10.2 Å². The van der Waals surface area contributed by atoms with E-state index in [-0.39, 0.29) is 24.0 Å². The minimum atomic E-state index is -1.04. The summed E-state index contributed by atoms with van der Waals surface area (Å²) in [6.45, 7) is 15.6. The molecule has 3 aromatic carbocycles. The van der Waals surface area contributed by atoms with Crippen LogP contribution in [0.15, 0.2) is 60.7 Å². The van der Waals surface area contributed by atoms with E-state index in [0.29, 0.717) is 13.0 Å². The van der Waals surface area contributed by atoms with Crippen LogP contribution in [0, 0.1) is 27.7 Å². The second-order valence-corrected chi connectivity index (χ2v) is 13.5. The molecular formula is C39H53N3O5. The highest BCUT2D eigenvalue weighted by molar-refractivity contribution is 6.00. The Morgan fingerprint density at radius 1 is 0.809 bits per heavy atom. The molecule has 8 nitrogen and oxygen atoms in total. The molecule has 8 heteroatoms. The number of carbonyl (C=O) groups excluding carboxylic acids is 3. The summed E-state index contributed by atoms with van der Waals surface area (Å²) in [6.07, 6.45) is 4.21. The van der Waals surface area contributed by atoms with Gasteiger partial charge in [-0.25, -0.2) is 4.79 Å². The lowest BCUT2D eigenvalue weighted by Crippen LogP contribution is -2.53. The summed E-state index contributed by atoms with van der Waals surface area (Å²) < 4.78 is 5.58. The summed E-state index contributed by atoms with van der Waals surface area (Å²) in [4.78, 5) is 44.3. The Hall–Kier alpha value is -4.33. The lowest BCUT2D eigenvalue weighted by molar-refractivity contribution is -0.141. The van der Waals surface area contributed by atoms with Crippen molar-refractivity contribution in [3.8, 4) is 5.75 Å². The Morgan fingerprint density at radius 3 is 1.91 bits per heavy atom. The van der Waals surface area contributed by atoms with Crippen LogP contribution in [0.3, 0.4) is 0 Å². The molecule has 0 aliphatic rings. The third-order valence-corrected chi connectivity index (χ3v) is 8.26. The predicted molar refractivity (Wildman–Crippen MR) is 189 cm³/mol. The molecule has 3 amide bonds. The fourth-order valence-corrected chi connectivity index (χ4v) is 5.86. The van der Waals surface area contributed by atoms with Crippen LogP contribution in [-0.2, 0) is 20.7 Å². The number of nitrogens with zero attached hydrogens (tertiary/aromatic N) is 1. The molecule has 0 aliphatic carbocycles. The summed E-state index contributed by atoms with van der Waals surface area (Å²) in [6, 6.07) is 16.3. The van der Waals surface area contributed by atoms with Gasteiger partial charge in [-0.3, -0.25) is 9.59 Å². The molecule has 0 bridgehead atoms. The average molecular weight is 644 g/mol. The molecule has 3 aromatic rings. The van der Waals surface area contributed by atoms with Crippen LogP contribution in [0.1, 0.15) is 99.2 Å². The number of aryl methyl sites for hydroxylation is 4. The highest BCUT2D eigenvalue weighted by Gasteiger charge is 2.38. The fourth-order valence-electron chi connectivity index (χ4n) is 5.86. The van der Waals surface area contributed by atoms with E-state index in [1.807, 2.05) is 64.1 Å². The first-order valence-corrected chi connectivity index (χ1v) is 16.7. The number of nitrogens with one attached hydrogen (secondary N) is 2. The van der Waals surface area contributed by atoms with Gasteiger partial charge in [0.1, 0.15) is 23.4 Å². The van der Waals surface area contributed by atoms with E-state index >= 15 is 0 Å². The SMILES string of the molecule is CCCCCCCN(C(=O)C(Cc1ccc(O)cc1)NC(=O)OC(C)(C)C)C(C(=O)Nc1c(C)cccc1C)c1c(C)cccc1C. The monoisotopic (exact) mass is 643 g/mol. The van der Waals surface area contributed by atoms with Gasteiger partial charge >= 0.3 is 6.09 Å². The van der Waals surface area contributed by atoms with E-state index in [2.05, 4.69) is 17.6 Å². The molecule has 0 aromatic heterocycles. The summed E-state index contributed by atoms with van der Waals surface area (Å²) >= 11 is 0. The van der Waals surface area contributed by atoms with E-state index in [4.69, 9.17) is 4.74 Å². The maximum absolute atomic E-state index is 14.9. The number of benzene rings is 3. The van der Waals surface area contributed by atoms with E-state index in [1.54, 1.807) is 49.9 Å². The number of amides is 3. The first-order valence-electron chi connectivity index (χ1n) is 16.7. The number of unbranched alkanes of at least 4 members (excludes halogenated alkanes) is 4. The van der Waals surface area contributed by atoms with Gasteiger partial charge in [-0.05, 0) is 100 Å². The Balaban J connectivity index is 2.15. The quantitative estimate of drug-likeness (QED) is 0.153. The Labute approximate surface area is 280 Å². The molecule has 2 atom stereocenters. The number of alkyl carbamates (subject to hydrolysis) is 1. The van der Waals surface area contributed by atoms with Crippen LogP contribution in [-0.4, -0.2) is 46.1 Å². The van der Waals surface area contributed by atoms with Gasteiger partial charge in [-0.1, -0.05) is 81.1 Å². The molecule has 0 spiro atoms. The second kappa shape index (κ2) is 17.0. The van der Waals surface area contributed by atoms with Crippen molar-refractivity contribution in [3.05, 3.63) is 94.0 Å². The van der Waals surface area contributed by atoms with Crippen molar-refractivity contribution in [1.29, 1.82) is 0 Å². The zero-order chi connectivity index (χ0) is 34.7. The topological polar surface area (TPSA) is 108 Å². The lowest BCUT2D eigenvalue weighted by atomic mass is 9.92. The van der Waals surface area contributed by atoms with Gasteiger partial charge in [0.15, 0.2) is 0 Å². The number of rotatable bonds is 14. The normalized spacial score (nSPS) is 12.6. The number of aromatic hydroxyl groups is 1. The second-order valence-electron chi connectivity index (χ2n) is 13.5. The summed E-state index contributed by atoms with van der Waals surface area (Å²) in [5.41, 5.74) is 5.08. The Bertz CT molecular complexity index is 1470. The minimum absolute atomic E-state index is 0.101. The van der Waals surface area contributed by atoms with Crippen molar-refractivity contribution in [2.45, 2.75) is 112 Å². The number of hydrogen-bond donors (Lipinski definition) is 3. The van der Waals surface area contributed by atoms with Gasteiger partial charge in [-0.15, -0.1) is 0 Å². The predicted octanol–water partition coefficient (Wildman–Crippen LogP) is 8.24. The first kappa shape index (κ1) is 37.1. The van der Waals surface area contributed by atoms with Gasteiger partial charge in [0.05, 0.1) is 0 Å². The standard InChI is InChI=1S/C39H53N3O5/c1-9-10-11-12-13-24-42(37(45)32(40-38(46)47-39(6,7)8)25-30-20-22-31(43)23-21-30)35(33-26(2)16-14-17-27(33)3)36(44)41-34-28(4)18-15-19-29(34)5/h14-23,32,35,43H,9-13,24-25H2,1-8H3,(H,40,46)(H,41,44). The molecule has 254 valence electrons. The highest BCUT2D eigenvalue weighted by Crippen LogP contribution is 2.32. The third-order valence-electron chi connectivity index (χ3n) is 8.26. The molecule has 0 aliphatic heterocycles. The van der Waals surface area contributed by atoms with E-state index in [0.717, 1.165) is 64.8 Å². The average Bonchev–Trinajstić information content (AvgIpc) is 2.99. The molecule has 0 fully saturated rings. The van der Waals surface area contributed by atoms with E-state index in [9.17, 15) is 19.5 Å². The van der Waals surface area contributed by atoms with Crippen molar-refractivity contribution in [3.63, 3.8) is 0 Å². The first-order chi connectivity index (χ1) is 22.2. The van der Waals surface area contributed by atoms with Crippen LogP contribution in [0.4, 0.5) is 10.5 Å². The zero-order valence-corrected chi connectivity index (χ0v) is 29.4. The Kier molecular flexibility index (Phi) is 13.4. The van der Waals surface area contributed by atoms with E-state index < -0.39 is 23.8 Å². The largest absolute Gasteiger partial charge is 0.508 e. The minimum Gasteiger partial charge on any atom is -0.508 e. The number of ether oxygens (including phenoxy) is 1. The number of para-hydroxylation sites is 1. The molecular weight excluding hydrogens is 590 g/mol. The number of carbonyl (C=O) groups is 3. The van der Waals surface area contributed by atoms with Gasteiger partial charge in [0, 0.05) is 18.7 Å². The van der Waals surface area contributed by atoms with Crippen LogP contribution in [0.25, 0.3) is 0 Å². The molecule has 3 N–H and O–H groups in total. The molecule has 0 heterocycles. The van der Waals surface area contributed by atoms with Gasteiger partial charge < -0.3 is 25.4 Å². The molecule has 0 radical (unpaired) electrons. The van der Waals surface area contributed by atoms with Crippen molar-refractivity contribution in [2.24, 2.45) is 0 Å². The molecule has 0 saturated carbocycles. The van der Waals surface area contributed by atoms with Crippen molar-refractivity contribution in [2.75, 3.05) is 11.9 Å². The van der Waals surface area contributed by atoms with Crippen LogP contribution in [0.2, 0.25) is 0 Å². The molecule has 0 saturated heterocycles. The van der Waals surface area contributed by atoms with Crippen LogP contribution < -0.4 is 10.6 Å². The van der Waals surface area contributed by atoms with Crippen LogP contribution in [0.5, 0.6) is 5.75 Å². The van der Waals surface area contributed by atoms with Gasteiger partial charge in [-0.2, -0.15) is 0 Å². The lowest BCUT2D eigenvalue weighted by Gasteiger charge is -2.36. The zero-order valence-electron chi connectivity index (χ0n) is 29.4. The van der Waals surface area contributed by atoms with Gasteiger partial charge in [0.25, 0.3) is 5.91 Å². The number of anilines is 1. The molecule has 3 rings (SSSR count). The third kappa shape index (κ3) is 10.9. The summed E-state index contributed by atoms with van der Waals surface area (Å²) in [5.74, 6) is -0.602. The highest BCUT2D eigenvalue weighted by atomic mass is 16.6. The maximum atomic E-state index is 14.9. The smallest absolute Gasteiger partial charge is 0.408 e. The van der Waals surface area contributed by atoms with Crippen LogP contribution >= 0.6 is 0 Å². The summed E-state index contributed by atoms with van der Waals surface area (Å²) in [5, 5.41) is 15.9. The Morgan fingerprint density at radius 2 is 1.36 bits per heavy atom. The van der Waals surface area contributed by atoms with Crippen molar-refractivity contribution < 1.29 is 24.2 Å². The van der Waals surface area contributed by atoms with E-state index in [1.165, 1.54) is 0 Å². The number of phenols is 1. The summed E-state index contributed by atoms with van der Waals surface area (Å²) in [7, 11) is 0. The number of hydrogen-bond acceptors (Lipinski definition) is 5. The maximum Gasteiger partial charge on any atom is 0.408 e. The molecule has 2 unspecified atom stereocenters. The number of phenolic OH excluding ortho intramolecular Hbond substituents is 1. The van der Waals surface area contributed by atoms with Gasteiger partial charge in [0.2, 0.25) is 5.91 Å². The van der Waals surface area contributed by atoms with Crippen molar-refractivity contribution >= 4 is 23.6 Å². The fraction of sp³-hybridized carbons (Fsp3) is 0.462.